The molecule has 0 aliphatic carbocycles. The standard InChI is InChI=1S/C21H16FNOS/c22-21(25-18-12-5-2-6-13-18)19-14-8-7-9-16(19)15-23(20(21)24)17-10-3-1-4-11-17/h1-14H,15H2. The predicted molar refractivity (Wildman–Crippen MR) is 99.2 cm³/mol. The minimum atomic E-state index is -2.15. The van der Waals surface area contributed by atoms with E-state index in [9.17, 15) is 4.79 Å². The summed E-state index contributed by atoms with van der Waals surface area (Å²) in [5, 5.41) is -2.15. The zero-order chi connectivity index (χ0) is 17.3. The number of alkyl halides is 1. The highest BCUT2D eigenvalue weighted by atomic mass is 32.2. The van der Waals surface area contributed by atoms with E-state index in [4.69, 9.17) is 0 Å². The van der Waals surface area contributed by atoms with Gasteiger partial charge in [-0.3, -0.25) is 4.79 Å². The average molecular weight is 349 g/mol. The Bertz CT molecular complexity index is 900. The van der Waals surface area contributed by atoms with Gasteiger partial charge in [0.15, 0.2) is 0 Å². The number of anilines is 1. The smallest absolute Gasteiger partial charge is 0.280 e. The van der Waals surface area contributed by atoms with Gasteiger partial charge in [0.05, 0.1) is 6.54 Å². The molecule has 1 amide bonds. The van der Waals surface area contributed by atoms with E-state index in [2.05, 4.69) is 0 Å². The second-order valence-electron chi connectivity index (χ2n) is 5.89. The van der Waals surface area contributed by atoms with Gasteiger partial charge in [-0.25, -0.2) is 4.39 Å². The molecule has 2 nitrogen and oxygen atoms in total. The van der Waals surface area contributed by atoms with E-state index in [1.54, 1.807) is 12.1 Å². The van der Waals surface area contributed by atoms with Crippen molar-refractivity contribution in [2.24, 2.45) is 0 Å². The second-order valence-corrected chi connectivity index (χ2v) is 7.13. The van der Waals surface area contributed by atoms with Crippen molar-refractivity contribution in [1.29, 1.82) is 0 Å². The molecule has 0 saturated carbocycles. The summed E-state index contributed by atoms with van der Waals surface area (Å²) in [6, 6.07) is 25.7. The van der Waals surface area contributed by atoms with E-state index in [-0.39, 0.29) is 0 Å². The monoisotopic (exact) mass is 349 g/mol. The molecule has 0 spiro atoms. The number of hydrogen-bond acceptors (Lipinski definition) is 2. The van der Waals surface area contributed by atoms with Crippen LogP contribution in [0.5, 0.6) is 0 Å². The van der Waals surface area contributed by atoms with Gasteiger partial charge in [-0.1, -0.05) is 72.4 Å². The maximum atomic E-state index is 16.2. The molecule has 124 valence electrons. The van der Waals surface area contributed by atoms with Crippen LogP contribution in [0, 0.1) is 0 Å². The number of benzene rings is 3. The largest absolute Gasteiger partial charge is 0.304 e. The summed E-state index contributed by atoms with van der Waals surface area (Å²) < 4.78 is 16.2. The Morgan fingerprint density at radius 3 is 2.16 bits per heavy atom. The highest BCUT2D eigenvalue weighted by Crippen LogP contribution is 2.49. The first-order valence-corrected chi connectivity index (χ1v) is 8.88. The molecule has 3 aromatic rings. The van der Waals surface area contributed by atoms with Gasteiger partial charge in [0.2, 0.25) is 0 Å². The topological polar surface area (TPSA) is 20.3 Å². The average Bonchev–Trinajstić information content (AvgIpc) is 2.66. The summed E-state index contributed by atoms with van der Waals surface area (Å²) in [6.45, 7) is 0.375. The summed E-state index contributed by atoms with van der Waals surface area (Å²) in [6.07, 6.45) is 0. The molecule has 1 aliphatic heterocycles. The van der Waals surface area contributed by atoms with Gasteiger partial charge in [0, 0.05) is 16.1 Å². The Hall–Kier alpha value is -2.59. The molecule has 0 aromatic heterocycles. The lowest BCUT2D eigenvalue weighted by Gasteiger charge is -2.37. The van der Waals surface area contributed by atoms with Crippen molar-refractivity contribution in [3.63, 3.8) is 0 Å². The molecular formula is C21H16FNOS. The van der Waals surface area contributed by atoms with Gasteiger partial charge >= 0.3 is 0 Å². The van der Waals surface area contributed by atoms with Gasteiger partial charge in [-0.15, -0.1) is 0 Å². The van der Waals surface area contributed by atoms with E-state index >= 15 is 4.39 Å². The summed E-state index contributed by atoms with van der Waals surface area (Å²) in [5.41, 5.74) is 1.98. The Labute approximate surface area is 150 Å². The van der Waals surface area contributed by atoms with Crippen LogP contribution < -0.4 is 4.90 Å². The van der Waals surface area contributed by atoms with Crippen LogP contribution in [0.1, 0.15) is 11.1 Å². The van der Waals surface area contributed by atoms with Crippen LogP contribution in [-0.4, -0.2) is 5.91 Å². The van der Waals surface area contributed by atoms with Crippen LogP contribution in [0.2, 0.25) is 0 Å². The van der Waals surface area contributed by atoms with Crippen LogP contribution in [0.15, 0.2) is 89.8 Å². The Morgan fingerprint density at radius 2 is 1.44 bits per heavy atom. The molecule has 0 bridgehead atoms. The number of fused-ring (bicyclic) bond motifs is 1. The van der Waals surface area contributed by atoms with E-state index in [1.807, 2.05) is 72.8 Å². The number of carbonyl (C=O) groups is 1. The second kappa shape index (κ2) is 6.37. The van der Waals surface area contributed by atoms with Crippen LogP contribution in [0.3, 0.4) is 0 Å². The predicted octanol–water partition coefficient (Wildman–Crippen LogP) is 5.15. The summed E-state index contributed by atoms with van der Waals surface area (Å²) >= 11 is 0.958. The number of amides is 1. The minimum absolute atomic E-state index is 0.375. The normalized spacial score (nSPS) is 19.6. The maximum Gasteiger partial charge on any atom is 0.280 e. The van der Waals surface area contributed by atoms with Crippen molar-refractivity contribution in [3.8, 4) is 0 Å². The number of carbonyl (C=O) groups excluding carboxylic acids is 1. The van der Waals surface area contributed by atoms with Gasteiger partial charge in [-0.2, -0.15) is 0 Å². The minimum Gasteiger partial charge on any atom is -0.304 e. The number of para-hydroxylation sites is 1. The lowest BCUT2D eigenvalue weighted by atomic mass is 9.96. The molecule has 1 aliphatic rings. The third-order valence-electron chi connectivity index (χ3n) is 4.28. The number of nitrogens with zero attached hydrogens (tertiary/aromatic N) is 1. The fraction of sp³-hybridized carbons (Fsp3) is 0.0952. The van der Waals surface area contributed by atoms with Gasteiger partial charge in [0.25, 0.3) is 10.9 Å². The number of hydrogen-bond donors (Lipinski definition) is 0. The highest BCUT2D eigenvalue weighted by Gasteiger charge is 2.49. The van der Waals surface area contributed by atoms with E-state index < -0.39 is 10.9 Å². The van der Waals surface area contributed by atoms with E-state index in [0.717, 1.165) is 22.2 Å². The molecule has 1 heterocycles. The quantitative estimate of drug-likeness (QED) is 0.652. The molecule has 0 N–H and O–H groups in total. The molecule has 0 saturated heterocycles. The van der Waals surface area contributed by atoms with Crippen LogP contribution in [0.25, 0.3) is 0 Å². The highest BCUT2D eigenvalue weighted by molar-refractivity contribution is 8.00. The molecule has 3 aromatic carbocycles. The van der Waals surface area contributed by atoms with Crippen LogP contribution in [-0.2, 0) is 16.3 Å². The van der Waals surface area contributed by atoms with Gasteiger partial charge in [-0.05, 0) is 29.8 Å². The summed E-state index contributed by atoms with van der Waals surface area (Å²) in [5.74, 6) is -0.536. The number of rotatable bonds is 3. The first-order valence-electron chi connectivity index (χ1n) is 8.07. The molecule has 0 radical (unpaired) electrons. The van der Waals surface area contributed by atoms with Crippen molar-refractivity contribution in [2.45, 2.75) is 16.4 Å². The van der Waals surface area contributed by atoms with Crippen LogP contribution in [0.4, 0.5) is 10.1 Å². The van der Waals surface area contributed by atoms with Crippen molar-refractivity contribution in [3.05, 3.63) is 96.1 Å². The first kappa shape index (κ1) is 15.9. The van der Waals surface area contributed by atoms with Crippen LogP contribution >= 0.6 is 11.8 Å². The molecule has 4 rings (SSSR count). The first-order chi connectivity index (χ1) is 12.2. The zero-order valence-electron chi connectivity index (χ0n) is 13.4. The maximum absolute atomic E-state index is 16.2. The van der Waals surface area contributed by atoms with E-state index in [0.29, 0.717) is 17.8 Å². The summed E-state index contributed by atoms with van der Waals surface area (Å²) in [7, 11) is 0. The Morgan fingerprint density at radius 1 is 0.840 bits per heavy atom. The fourth-order valence-electron chi connectivity index (χ4n) is 3.07. The van der Waals surface area contributed by atoms with E-state index in [1.165, 1.54) is 4.90 Å². The molecule has 25 heavy (non-hydrogen) atoms. The Kier molecular flexibility index (Phi) is 4.06. The van der Waals surface area contributed by atoms with Gasteiger partial charge in [0.1, 0.15) is 0 Å². The summed E-state index contributed by atoms with van der Waals surface area (Å²) in [4.78, 5) is 15.4. The molecule has 1 atom stereocenters. The number of halogens is 1. The molecule has 1 unspecified atom stereocenters. The third-order valence-corrected chi connectivity index (χ3v) is 5.47. The van der Waals surface area contributed by atoms with Crippen molar-refractivity contribution < 1.29 is 9.18 Å². The number of thioether (sulfide) groups is 1. The van der Waals surface area contributed by atoms with Crippen molar-refractivity contribution >= 4 is 23.4 Å². The van der Waals surface area contributed by atoms with Crippen molar-refractivity contribution in [1.82, 2.24) is 0 Å². The Balaban J connectivity index is 1.82. The fourth-order valence-corrected chi connectivity index (χ4v) is 4.19. The lowest BCUT2D eigenvalue weighted by molar-refractivity contribution is -0.126. The van der Waals surface area contributed by atoms with Crippen molar-refractivity contribution in [2.75, 3.05) is 4.90 Å². The molecular weight excluding hydrogens is 333 g/mol. The molecule has 4 heteroatoms. The lowest BCUT2D eigenvalue weighted by Crippen LogP contribution is -2.47. The zero-order valence-corrected chi connectivity index (χ0v) is 14.2. The SMILES string of the molecule is O=C1N(c2ccccc2)Cc2ccccc2C1(F)Sc1ccccc1. The van der Waals surface area contributed by atoms with Gasteiger partial charge < -0.3 is 4.90 Å². The third kappa shape index (κ3) is 2.83. The molecule has 0 fully saturated rings.